The van der Waals surface area contributed by atoms with Gasteiger partial charge in [-0.3, -0.25) is 0 Å². The number of allylic oxidation sites excluding steroid dienone is 1. The summed E-state index contributed by atoms with van der Waals surface area (Å²) in [5.41, 5.74) is 2.88. The van der Waals surface area contributed by atoms with Gasteiger partial charge in [-0.25, -0.2) is 0 Å². The lowest BCUT2D eigenvalue weighted by molar-refractivity contribution is 0.991. The predicted octanol–water partition coefficient (Wildman–Crippen LogP) is 7.98. The highest BCUT2D eigenvalue weighted by Crippen LogP contribution is 2.45. The summed E-state index contributed by atoms with van der Waals surface area (Å²) in [6, 6.07) is 26.7. The van der Waals surface area contributed by atoms with E-state index in [-0.39, 0.29) is 0 Å². The van der Waals surface area contributed by atoms with E-state index >= 15 is 0 Å². The Morgan fingerprint density at radius 1 is 0.519 bits per heavy atom. The number of halogens is 1. The number of hydrogen-bond donors (Lipinski definition) is 0. The molecule has 0 amide bonds. The standard InChI is InChI=1S/C26H17Br/c27-16-13-14-20-19-9-3-5-11-22(19)25-21-10-4-1-7-17(21)18-8-2-6-12-23(18)26(25)24(20)15-16/h1-12,15H,13-14H2. The van der Waals surface area contributed by atoms with Gasteiger partial charge in [-0.2, -0.15) is 0 Å². The first kappa shape index (κ1) is 15.4. The van der Waals surface area contributed by atoms with E-state index in [4.69, 9.17) is 0 Å². The lowest BCUT2D eigenvalue weighted by Crippen LogP contribution is -2.00. The largest absolute Gasteiger partial charge is 0.0616 e. The third-order valence-corrected chi connectivity index (χ3v) is 6.59. The van der Waals surface area contributed by atoms with Crippen LogP contribution in [0.2, 0.25) is 0 Å². The molecule has 0 atom stereocenters. The first-order chi connectivity index (χ1) is 13.3. The van der Waals surface area contributed by atoms with Crippen LogP contribution in [0.15, 0.2) is 77.3 Å². The van der Waals surface area contributed by atoms with E-state index in [0.717, 1.165) is 12.8 Å². The molecular weight excluding hydrogens is 392 g/mol. The molecule has 0 radical (unpaired) electrons. The fourth-order valence-corrected chi connectivity index (χ4v) is 5.29. The molecule has 128 valence electrons. The van der Waals surface area contributed by atoms with Crippen LogP contribution in [0.4, 0.5) is 0 Å². The number of benzene rings is 5. The SMILES string of the molecule is BrC1=Cc2c(c3ccccc3c3c4ccccc4c4ccccc4c23)CC1. The summed E-state index contributed by atoms with van der Waals surface area (Å²) >= 11 is 3.78. The van der Waals surface area contributed by atoms with Gasteiger partial charge in [-0.05, 0) is 77.6 Å². The molecule has 0 bridgehead atoms. The Balaban J connectivity index is 2.06. The molecule has 0 saturated carbocycles. The Morgan fingerprint density at radius 2 is 1.00 bits per heavy atom. The number of fused-ring (bicyclic) bond motifs is 11. The smallest absolute Gasteiger partial charge is 0.00141 e. The molecule has 0 saturated heterocycles. The fraction of sp³-hybridized carbons (Fsp3) is 0.0769. The minimum absolute atomic E-state index is 1.08. The summed E-state index contributed by atoms with van der Waals surface area (Å²) in [5, 5.41) is 10.9. The maximum absolute atomic E-state index is 3.78. The van der Waals surface area contributed by atoms with E-state index < -0.39 is 0 Å². The van der Waals surface area contributed by atoms with Crippen LogP contribution in [-0.2, 0) is 6.42 Å². The van der Waals surface area contributed by atoms with Gasteiger partial charge in [0, 0.05) is 0 Å². The maximum Gasteiger partial charge on any atom is -0.00141 e. The van der Waals surface area contributed by atoms with Crippen molar-refractivity contribution in [2.45, 2.75) is 12.8 Å². The Hall–Kier alpha value is -2.64. The molecule has 6 rings (SSSR count). The van der Waals surface area contributed by atoms with Crippen molar-refractivity contribution in [3.63, 3.8) is 0 Å². The second kappa shape index (κ2) is 5.68. The van der Waals surface area contributed by atoms with Crippen molar-refractivity contribution in [3.05, 3.63) is 88.4 Å². The summed E-state index contributed by atoms with van der Waals surface area (Å²) in [7, 11) is 0. The molecule has 1 heteroatoms. The quantitative estimate of drug-likeness (QED) is 0.228. The molecular formula is C26H17Br. The van der Waals surface area contributed by atoms with Gasteiger partial charge in [0.2, 0.25) is 0 Å². The van der Waals surface area contributed by atoms with Gasteiger partial charge in [-0.15, -0.1) is 0 Å². The second-order valence-electron chi connectivity index (χ2n) is 7.37. The van der Waals surface area contributed by atoms with Crippen molar-refractivity contribution in [3.8, 4) is 0 Å². The van der Waals surface area contributed by atoms with Crippen molar-refractivity contribution in [2.24, 2.45) is 0 Å². The monoisotopic (exact) mass is 408 g/mol. The highest BCUT2D eigenvalue weighted by atomic mass is 79.9. The molecule has 1 aliphatic carbocycles. The van der Waals surface area contributed by atoms with Crippen LogP contribution in [0.3, 0.4) is 0 Å². The zero-order valence-corrected chi connectivity index (χ0v) is 16.4. The Bertz CT molecular complexity index is 1420. The zero-order chi connectivity index (χ0) is 18.0. The molecule has 0 N–H and O–H groups in total. The molecule has 27 heavy (non-hydrogen) atoms. The highest BCUT2D eigenvalue weighted by Gasteiger charge is 2.20. The predicted molar refractivity (Wildman–Crippen MR) is 122 cm³/mol. The molecule has 0 spiro atoms. The summed E-state index contributed by atoms with van der Waals surface area (Å²) in [6.45, 7) is 0. The van der Waals surface area contributed by atoms with E-state index in [1.54, 1.807) is 0 Å². The van der Waals surface area contributed by atoms with E-state index in [2.05, 4.69) is 94.8 Å². The van der Waals surface area contributed by atoms with Crippen LogP contribution in [0.5, 0.6) is 0 Å². The number of aryl methyl sites for hydroxylation is 1. The molecule has 0 aliphatic heterocycles. The van der Waals surface area contributed by atoms with Crippen molar-refractivity contribution in [1.29, 1.82) is 0 Å². The van der Waals surface area contributed by atoms with Crippen molar-refractivity contribution in [1.82, 2.24) is 0 Å². The van der Waals surface area contributed by atoms with Crippen molar-refractivity contribution >= 4 is 65.1 Å². The van der Waals surface area contributed by atoms with Gasteiger partial charge < -0.3 is 0 Å². The maximum atomic E-state index is 3.78. The first-order valence-electron chi connectivity index (χ1n) is 9.46. The fourth-order valence-electron chi connectivity index (χ4n) is 4.86. The van der Waals surface area contributed by atoms with E-state index in [0.29, 0.717) is 0 Å². The van der Waals surface area contributed by atoms with Gasteiger partial charge >= 0.3 is 0 Å². The molecule has 0 fully saturated rings. The van der Waals surface area contributed by atoms with Gasteiger partial charge in [-0.1, -0.05) is 88.7 Å². The molecule has 0 aromatic heterocycles. The van der Waals surface area contributed by atoms with Crippen LogP contribution >= 0.6 is 15.9 Å². The number of hydrogen-bond acceptors (Lipinski definition) is 0. The molecule has 5 aromatic carbocycles. The minimum Gasteiger partial charge on any atom is -0.0616 e. The van der Waals surface area contributed by atoms with Crippen LogP contribution < -0.4 is 0 Å². The third-order valence-electron chi connectivity index (χ3n) is 5.96. The number of rotatable bonds is 0. The highest BCUT2D eigenvalue weighted by molar-refractivity contribution is 9.11. The molecule has 0 unspecified atom stereocenters. The summed E-state index contributed by atoms with van der Waals surface area (Å²) in [4.78, 5) is 0. The van der Waals surface area contributed by atoms with Crippen LogP contribution in [-0.4, -0.2) is 0 Å². The lowest BCUT2D eigenvalue weighted by atomic mass is 9.82. The topological polar surface area (TPSA) is 0 Å². The van der Waals surface area contributed by atoms with Gasteiger partial charge in [0.15, 0.2) is 0 Å². The van der Waals surface area contributed by atoms with Crippen LogP contribution in [0.25, 0.3) is 49.2 Å². The molecule has 5 aromatic rings. The second-order valence-corrected chi connectivity index (χ2v) is 8.39. The van der Waals surface area contributed by atoms with Crippen molar-refractivity contribution in [2.75, 3.05) is 0 Å². The van der Waals surface area contributed by atoms with Crippen LogP contribution in [0, 0.1) is 0 Å². The van der Waals surface area contributed by atoms with Gasteiger partial charge in [0.25, 0.3) is 0 Å². The molecule has 0 nitrogen and oxygen atoms in total. The summed E-state index contributed by atoms with van der Waals surface area (Å²) in [5.74, 6) is 0. The molecule has 0 heterocycles. The average Bonchev–Trinajstić information content (AvgIpc) is 2.73. The van der Waals surface area contributed by atoms with Gasteiger partial charge in [0.1, 0.15) is 0 Å². The average molecular weight is 409 g/mol. The molecule has 1 aliphatic rings. The van der Waals surface area contributed by atoms with E-state index in [1.807, 2.05) is 0 Å². The lowest BCUT2D eigenvalue weighted by Gasteiger charge is -2.22. The Labute approximate surface area is 166 Å². The minimum atomic E-state index is 1.08. The van der Waals surface area contributed by atoms with Gasteiger partial charge in [0.05, 0.1) is 0 Å². The Morgan fingerprint density at radius 3 is 1.63 bits per heavy atom. The normalized spacial score (nSPS) is 14.0. The van der Waals surface area contributed by atoms with Crippen LogP contribution in [0.1, 0.15) is 17.5 Å². The first-order valence-corrected chi connectivity index (χ1v) is 10.2. The summed E-state index contributed by atoms with van der Waals surface area (Å²) < 4.78 is 1.30. The van der Waals surface area contributed by atoms with E-state index in [1.165, 1.54) is 58.7 Å². The zero-order valence-electron chi connectivity index (χ0n) is 14.8. The Kier molecular flexibility index (Phi) is 3.24. The summed E-state index contributed by atoms with van der Waals surface area (Å²) in [6.07, 6.45) is 4.52. The van der Waals surface area contributed by atoms with E-state index in [9.17, 15) is 0 Å². The third kappa shape index (κ3) is 2.09. The van der Waals surface area contributed by atoms with Crippen molar-refractivity contribution < 1.29 is 0 Å².